The molecule has 1 saturated heterocycles. The Morgan fingerprint density at radius 2 is 2.44 bits per heavy atom. The van der Waals surface area contributed by atoms with Crippen molar-refractivity contribution in [2.24, 2.45) is 0 Å². The minimum atomic E-state index is -0.257. The van der Waals surface area contributed by atoms with Crippen molar-refractivity contribution in [3.05, 3.63) is 22.6 Å². The van der Waals surface area contributed by atoms with Crippen molar-refractivity contribution in [1.29, 1.82) is 0 Å². The Bertz CT molecular complexity index is 633. The molecule has 0 aliphatic carbocycles. The molecule has 7 nitrogen and oxygen atoms in total. The lowest BCUT2D eigenvalue weighted by Crippen LogP contribution is -2.16. The number of aromatic amines is 1. The molecule has 1 aliphatic rings. The second-order valence-electron chi connectivity index (χ2n) is 4.38. The number of nitrogen functional groups attached to an aromatic ring is 1. The first-order valence-electron chi connectivity index (χ1n) is 5.81. The van der Waals surface area contributed by atoms with E-state index in [1.54, 1.807) is 16.8 Å². The van der Waals surface area contributed by atoms with E-state index in [1.807, 2.05) is 0 Å². The van der Waals surface area contributed by atoms with Gasteiger partial charge in [-0.2, -0.15) is 4.98 Å². The van der Waals surface area contributed by atoms with E-state index >= 15 is 0 Å². The van der Waals surface area contributed by atoms with Gasteiger partial charge in [-0.05, 0) is 18.9 Å². The van der Waals surface area contributed by atoms with Crippen LogP contribution in [0.1, 0.15) is 19.1 Å². The standard InChI is InChI=1S/C11H14N4O3/c12-11-13-9-7(10(17)14-11)3-4-15(9)8-2-1-6(5-16)18-8/h3-4,6,8,16H,1-2,5H2,(H3,12,13,14,17). The van der Waals surface area contributed by atoms with Crippen molar-refractivity contribution in [1.82, 2.24) is 14.5 Å². The molecular formula is C11H14N4O3. The first-order valence-corrected chi connectivity index (χ1v) is 5.81. The molecular weight excluding hydrogens is 236 g/mol. The maximum absolute atomic E-state index is 11.7. The summed E-state index contributed by atoms with van der Waals surface area (Å²) in [6.45, 7) is 0.00581. The number of fused-ring (bicyclic) bond motifs is 1. The van der Waals surface area contributed by atoms with Crippen molar-refractivity contribution in [3.63, 3.8) is 0 Å². The second-order valence-corrected chi connectivity index (χ2v) is 4.38. The fourth-order valence-corrected chi connectivity index (χ4v) is 2.32. The van der Waals surface area contributed by atoms with E-state index in [9.17, 15) is 4.79 Å². The number of anilines is 1. The fraction of sp³-hybridized carbons (Fsp3) is 0.455. The van der Waals surface area contributed by atoms with Crippen molar-refractivity contribution in [3.8, 4) is 0 Å². The molecule has 0 aromatic carbocycles. The quantitative estimate of drug-likeness (QED) is 0.694. The highest BCUT2D eigenvalue weighted by atomic mass is 16.5. The number of aromatic nitrogens is 3. The van der Waals surface area contributed by atoms with E-state index in [0.29, 0.717) is 11.0 Å². The van der Waals surface area contributed by atoms with Gasteiger partial charge in [0, 0.05) is 6.20 Å². The molecule has 2 unspecified atom stereocenters. The van der Waals surface area contributed by atoms with Gasteiger partial charge in [0.15, 0.2) is 5.65 Å². The summed E-state index contributed by atoms with van der Waals surface area (Å²) in [7, 11) is 0. The Hall–Kier alpha value is -1.86. The van der Waals surface area contributed by atoms with Gasteiger partial charge >= 0.3 is 0 Å². The number of hydrogen-bond acceptors (Lipinski definition) is 5. The van der Waals surface area contributed by atoms with Gasteiger partial charge in [-0.3, -0.25) is 9.78 Å². The van der Waals surface area contributed by atoms with Gasteiger partial charge in [-0.1, -0.05) is 0 Å². The summed E-state index contributed by atoms with van der Waals surface area (Å²) in [5, 5.41) is 9.54. The maximum atomic E-state index is 11.7. The van der Waals surface area contributed by atoms with Crippen LogP contribution in [0.15, 0.2) is 17.1 Å². The largest absolute Gasteiger partial charge is 0.394 e. The molecule has 1 fully saturated rings. The molecule has 2 aromatic rings. The lowest BCUT2D eigenvalue weighted by Gasteiger charge is -2.14. The van der Waals surface area contributed by atoms with Crippen LogP contribution in [0.2, 0.25) is 0 Å². The second kappa shape index (κ2) is 4.11. The lowest BCUT2D eigenvalue weighted by atomic mass is 10.2. The number of nitrogens with one attached hydrogen (secondary N) is 1. The average molecular weight is 250 g/mol. The summed E-state index contributed by atoms with van der Waals surface area (Å²) < 4.78 is 7.45. The predicted octanol–water partition coefficient (Wildman–Crippen LogP) is -0.0233. The molecule has 3 heterocycles. The normalized spacial score (nSPS) is 23.8. The molecule has 3 rings (SSSR count). The van der Waals surface area contributed by atoms with Gasteiger partial charge in [0.25, 0.3) is 5.56 Å². The van der Waals surface area contributed by atoms with Crippen LogP contribution in [0.25, 0.3) is 11.0 Å². The van der Waals surface area contributed by atoms with E-state index in [4.69, 9.17) is 15.6 Å². The zero-order valence-corrected chi connectivity index (χ0v) is 9.67. The molecule has 0 bridgehead atoms. The van der Waals surface area contributed by atoms with E-state index in [0.717, 1.165) is 12.8 Å². The smallest absolute Gasteiger partial charge is 0.261 e. The summed E-state index contributed by atoms with van der Waals surface area (Å²) in [6, 6.07) is 1.69. The number of H-pyrrole nitrogens is 1. The number of ether oxygens (including phenoxy) is 1. The molecule has 1 aliphatic heterocycles. The number of nitrogens with zero attached hydrogens (tertiary/aromatic N) is 2. The Balaban J connectivity index is 2.05. The maximum Gasteiger partial charge on any atom is 0.261 e. The summed E-state index contributed by atoms with van der Waals surface area (Å²) in [5.41, 5.74) is 5.80. The predicted molar refractivity (Wildman–Crippen MR) is 65.0 cm³/mol. The van der Waals surface area contributed by atoms with Gasteiger partial charge in [0.1, 0.15) is 6.23 Å². The highest BCUT2D eigenvalue weighted by Gasteiger charge is 2.27. The van der Waals surface area contributed by atoms with Crippen LogP contribution in [0.5, 0.6) is 0 Å². The summed E-state index contributed by atoms with van der Waals surface area (Å²) in [4.78, 5) is 18.3. The van der Waals surface area contributed by atoms with E-state index in [-0.39, 0.29) is 30.4 Å². The number of aliphatic hydroxyl groups is 1. The Kier molecular flexibility index (Phi) is 2.57. The van der Waals surface area contributed by atoms with Gasteiger partial charge in [0.2, 0.25) is 5.95 Å². The van der Waals surface area contributed by atoms with Crippen molar-refractivity contribution < 1.29 is 9.84 Å². The number of aliphatic hydroxyl groups excluding tert-OH is 1. The van der Waals surface area contributed by atoms with Gasteiger partial charge in [-0.25, -0.2) is 0 Å². The molecule has 2 aromatic heterocycles. The van der Waals surface area contributed by atoms with E-state index in [2.05, 4.69) is 9.97 Å². The zero-order valence-electron chi connectivity index (χ0n) is 9.67. The summed E-state index contributed by atoms with van der Waals surface area (Å²) in [5.74, 6) is 0.0872. The summed E-state index contributed by atoms with van der Waals surface area (Å²) in [6.07, 6.45) is 2.99. The molecule has 0 spiro atoms. The molecule has 0 radical (unpaired) electrons. The van der Waals surface area contributed by atoms with Crippen LogP contribution in [0, 0.1) is 0 Å². The highest BCUT2D eigenvalue weighted by molar-refractivity contribution is 5.76. The molecule has 0 amide bonds. The monoisotopic (exact) mass is 250 g/mol. The Morgan fingerprint density at radius 1 is 1.61 bits per heavy atom. The third-order valence-electron chi connectivity index (χ3n) is 3.20. The fourth-order valence-electron chi connectivity index (χ4n) is 2.32. The van der Waals surface area contributed by atoms with Crippen LogP contribution in [-0.2, 0) is 4.74 Å². The first kappa shape index (κ1) is 11.2. The molecule has 4 N–H and O–H groups in total. The van der Waals surface area contributed by atoms with Crippen LogP contribution < -0.4 is 11.3 Å². The summed E-state index contributed by atoms with van der Waals surface area (Å²) >= 11 is 0. The Morgan fingerprint density at radius 3 is 3.17 bits per heavy atom. The third kappa shape index (κ3) is 1.68. The van der Waals surface area contributed by atoms with Gasteiger partial charge in [-0.15, -0.1) is 0 Å². The number of hydrogen-bond donors (Lipinski definition) is 3. The zero-order chi connectivity index (χ0) is 12.7. The van der Waals surface area contributed by atoms with Crippen molar-refractivity contribution >= 4 is 17.0 Å². The highest BCUT2D eigenvalue weighted by Crippen LogP contribution is 2.30. The number of nitrogens with two attached hydrogens (primary N) is 1. The molecule has 2 atom stereocenters. The molecule has 96 valence electrons. The first-order chi connectivity index (χ1) is 8.69. The van der Waals surface area contributed by atoms with Gasteiger partial charge < -0.3 is 20.1 Å². The Labute approximate surface area is 102 Å². The van der Waals surface area contributed by atoms with Crippen molar-refractivity contribution in [2.75, 3.05) is 12.3 Å². The molecule has 18 heavy (non-hydrogen) atoms. The number of rotatable bonds is 2. The van der Waals surface area contributed by atoms with Crippen LogP contribution >= 0.6 is 0 Å². The van der Waals surface area contributed by atoms with Crippen molar-refractivity contribution in [2.45, 2.75) is 25.2 Å². The molecule has 7 heteroatoms. The van der Waals surface area contributed by atoms with E-state index < -0.39 is 0 Å². The third-order valence-corrected chi connectivity index (χ3v) is 3.20. The minimum Gasteiger partial charge on any atom is -0.394 e. The minimum absolute atomic E-state index is 0.00581. The van der Waals surface area contributed by atoms with Crippen LogP contribution in [-0.4, -0.2) is 32.4 Å². The SMILES string of the molecule is Nc1nc2c(ccn2C2CCC(CO)O2)c(=O)[nH]1. The lowest BCUT2D eigenvalue weighted by molar-refractivity contribution is -0.0204. The van der Waals surface area contributed by atoms with Crippen LogP contribution in [0.3, 0.4) is 0 Å². The average Bonchev–Trinajstić information content (AvgIpc) is 2.93. The van der Waals surface area contributed by atoms with Gasteiger partial charge in [0.05, 0.1) is 18.1 Å². The van der Waals surface area contributed by atoms with Crippen LogP contribution in [0.4, 0.5) is 5.95 Å². The molecule has 0 saturated carbocycles. The van der Waals surface area contributed by atoms with E-state index in [1.165, 1.54) is 0 Å². The topological polar surface area (TPSA) is 106 Å².